The molecule has 0 atom stereocenters. The van der Waals surface area contributed by atoms with Gasteiger partial charge in [-0.1, -0.05) is 45.2 Å². The number of carboxylic acids is 1. The molecule has 0 saturated carbocycles. The van der Waals surface area contributed by atoms with Gasteiger partial charge in [-0.05, 0) is 30.3 Å². The Bertz CT molecular complexity index is 714. The van der Waals surface area contributed by atoms with Gasteiger partial charge in [-0.2, -0.15) is 0 Å². The van der Waals surface area contributed by atoms with E-state index in [-0.39, 0.29) is 0 Å². The highest BCUT2D eigenvalue weighted by Crippen LogP contribution is 2.33. The lowest BCUT2D eigenvalue weighted by Gasteiger charge is -2.10. The minimum Gasteiger partial charge on any atom is -0.478 e. The predicted octanol–water partition coefficient (Wildman–Crippen LogP) is 5.65. The van der Waals surface area contributed by atoms with Crippen molar-refractivity contribution in [2.24, 2.45) is 0 Å². The van der Waals surface area contributed by atoms with Crippen molar-refractivity contribution in [3.8, 4) is 11.5 Å². The summed E-state index contributed by atoms with van der Waals surface area (Å²) < 4.78 is 6.55. The molecule has 0 heterocycles. The summed E-state index contributed by atoms with van der Waals surface area (Å²) in [7, 11) is 0. The minimum absolute atomic E-state index is 0.381. The van der Waals surface area contributed by atoms with Gasteiger partial charge in [-0.15, -0.1) is 0 Å². The first-order chi connectivity index (χ1) is 9.95. The van der Waals surface area contributed by atoms with Crippen LogP contribution in [0.25, 0.3) is 6.08 Å². The van der Waals surface area contributed by atoms with E-state index in [1.807, 2.05) is 0 Å². The number of aliphatic carboxylic acids is 1. The van der Waals surface area contributed by atoms with Gasteiger partial charge in [0.25, 0.3) is 0 Å². The molecule has 0 amide bonds. The quantitative estimate of drug-likeness (QED) is 0.690. The Morgan fingerprint density at radius 3 is 2.57 bits per heavy atom. The summed E-state index contributed by atoms with van der Waals surface area (Å²) >= 11 is 15.1. The van der Waals surface area contributed by atoms with Crippen LogP contribution in [0, 0.1) is 0 Å². The van der Waals surface area contributed by atoms with E-state index in [4.69, 9.17) is 33.0 Å². The third kappa shape index (κ3) is 4.49. The summed E-state index contributed by atoms with van der Waals surface area (Å²) in [6.45, 7) is 0. The maximum Gasteiger partial charge on any atom is 0.328 e. The number of hydrogen-bond acceptors (Lipinski definition) is 2. The number of rotatable bonds is 4. The first-order valence-electron chi connectivity index (χ1n) is 5.79. The molecule has 0 aliphatic heterocycles. The van der Waals surface area contributed by atoms with Crippen LogP contribution in [-0.2, 0) is 4.79 Å². The number of carbonyl (C=O) groups is 1. The highest BCUT2D eigenvalue weighted by Gasteiger charge is 2.06. The molecule has 0 aliphatic rings. The third-order valence-electron chi connectivity index (χ3n) is 2.50. The van der Waals surface area contributed by atoms with Gasteiger partial charge in [0.2, 0.25) is 0 Å². The van der Waals surface area contributed by atoms with Crippen molar-refractivity contribution in [3.63, 3.8) is 0 Å². The van der Waals surface area contributed by atoms with E-state index in [2.05, 4.69) is 15.9 Å². The maximum atomic E-state index is 10.6. The Kier molecular flexibility index (Phi) is 5.28. The summed E-state index contributed by atoms with van der Waals surface area (Å²) in [6.07, 6.45) is 2.51. The Hall–Kier alpha value is -1.49. The molecule has 2 aromatic rings. The molecule has 3 nitrogen and oxygen atoms in total. The summed E-state index contributed by atoms with van der Waals surface area (Å²) in [5.41, 5.74) is 0.631. The smallest absolute Gasteiger partial charge is 0.328 e. The predicted molar refractivity (Wildman–Crippen MR) is 87.3 cm³/mol. The number of halogens is 3. The van der Waals surface area contributed by atoms with Crippen LogP contribution in [0.1, 0.15) is 5.56 Å². The van der Waals surface area contributed by atoms with E-state index in [9.17, 15) is 4.79 Å². The van der Waals surface area contributed by atoms with Crippen molar-refractivity contribution in [3.05, 3.63) is 62.6 Å². The molecule has 108 valence electrons. The van der Waals surface area contributed by atoms with Crippen LogP contribution in [-0.4, -0.2) is 11.1 Å². The number of carboxylic acid groups (broad SMARTS) is 1. The standard InChI is InChI=1S/C15H9BrCl2O3/c16-10-3-1-9(2-6-15(19)20)14(7-10)21-11-4-5-12(17)13(18)8-11/h1-8H,(H,19,20). The Morgan fingerprint density at radius 2 is 1.90 bits per heavy atom. The van der Waals surface area contributed by atoms with Gasteiger partial charge in [0.15, 0.2) is 0 Å². The topological polar surface area (TPSA) is 46.5 Å². The molecule has 2 rings (SSSR count). The van der Waals surface area contributed by atoms with Crippen molar-refractivity contribution < 1.29 is 14.6 Å². The molecule has 6 heteroatoms. The molecule has 0 saturated heterocycles. The van der Waals surface area contributed by atoms with Gasteiger partial charge >= 0.3 is 5.97 Å². The zero-order valence-corrected chi connectivity index (χ0v) is 13.6. The molecule has 21 heavy (non-hydrogen) atoms. The number of hydrogen-bond donors (Lipinski definition) is 1. The third-order valence-corrected chi connectivity index (χ3v) is 3.73. The maximum absolute atomic E-state index is 10.6. The molecule has 0 aliphatic carbocycles. The fourth-order valence-electron chi connectivity index (χ4n) is 1.56. The van der Waals surface area contributed by atoms with Crippen LogP contribution in [0.2, 0.25) is 10.0 Å². The fraction of sp³-hybridized carbons (Fsp3) is 0. The van der Waals surface area contributed by atoms with Crippen molar-refractivity contribution >= 4 is 51.2 Å². The summed E-state index contributed by atoms with van der Waals surface area (Å²) in [4.78, 5) is 10.6. The first-order valence-corrected chi connectivity index (χ1v) is 7.34. The molecule has 2 aromatic carbocycles. The molecule has 0 unspecified atom stereocenters. The second-order valence-electron chi connectivity index (χ2n) is 4.03. The molecule has 0 radical (unpaired) electrons. The average Bonchev–Trinajstić information content (AvgIpc) is 2.42. The van der Waals surface area contributed by atoms with E-state index in [1.165, 1.54) is 6.08 Å². The largest absolute Gasteiger partial charge is 0.478 e. The molecule has 0 fully saturated rings. The van der Waals surface area contributed by atoms with E-state index >= 15 is 0 Å². The summed E-state index contributed by atoms with van der Waals surface area (Å²) in [5, 5.41) is 9.52. The molecular formula is C15H9BrCl2O3. The monoisotopic (exact) mass is 386 g/mol. The highest BCUT2D eigenvalue weighted by atomic mass is 79.9. The summed E-state index contributed by atoms with van der Waals surface area (Å²) in [6, 6.07) is 10.2. The van der Waals surface area contributed by atoms with Crippen LogP contribution in [0.3, 0.4) is 0 Å². The van der Waals surface area contributed by atoms with Crippen LogP contribution >= 0.6 is 39.1 Å². The van der Waals surface area contributed by atoms with Crippen LogP contribution in [0.5, 0.6) is 11.5 Å². The van der Waals surface area contributed by atoms with Crippen molar-refractivity contribution in [1.29, 1.82) is 0 Å². The van der Waals surface area contributed by atoms with Crippen LogP contribution < -0.4 is 4.74 Å². The Labute approximate surface area is 139 Å². The zero-order chi connectivity index (χ0) is 15.4. The normalized spacial score (nSPS) is 10.8. The molecular weight excluding hydrogens is 379 g/mol. The van der Waals surface area contributed by atoms with E-state index in [1.54, 1.807) is 36.4 Å². The van der Waals surface area contributed by atoms with Gasteiger partial charge in [0, 0.05) is 22.2 Å². The Morgan fingerprint density at radius 1 is 1.14 bits per heavy atom. The van der Waals surface area contributed by atoms with Gasteiger partial charge < -0.3 is 9.84 Å². The Balaban J connectivity index is 2.35. The van der Waals surface area contributed by atoms with Crippen molar-refractivity contribution in [1.82, 2.24) is 0 Å². The molecule has 0 bridgehead atoms. The molecule has 0 aromatic heterocycles. The summed E-state index contributed by atoms with van der Waals surface area (Å²) in [5.74, 6) is -0.0221. The highest BCUT2D eigenvalue weighted by molar-refractivity contribution is 9.10. The zero-order valence-electron chi connectivity index (χ0n) is 10.5. The lowest BCUT2D eigenvalue weighted by atomic mass is 10.2. The van der Waals surface area contributed by atoms with Crippen molar-refractivity contribution in [2.75, 3.05) is 0 Å². The SMILES string of the molecule is O=C(O)C=Cc1ccc(Br)cc1Oc1ccc(Cl)c(Cl)c1. The van der Waals surface area contributed by atoms with Gasteiger partial charge in [-0.25, -0.2) is 4.79 Å². The minimum atomic E-state index is -1.03. The van der Waals surface area contributed by atoms with Crippen LogP contribution in [0.4, 0.5) is 0 Å². The second kappa shape index (κ2) is 6.98. The fourth-order valence-corrected chi connectivity index (χ4v) is 2.19. The number of benzene rings is 2. The first kappa shape index (κ1) is 15.9. The van der Waals surface area contributed by atoms with Gasteiger partial charge in [-0.3, -0.25) is 0 Å². The lowest BCUT2D eigenvalue weighted by molar-refractivity contribution is -0.131. The van der Waals surface area contributed by atoms with E-state index in [0.29, 0.717) is 27.1 Å². The lowest BCUT2D eigenvalue weighted by Crippen LogP contribution is -1.90. The second-order valence-corrected chi connectivity index (χ2v) is 5.76. The van der Waals surface area contributed by atoms with Crippen LogP contribution in [0.15, 0.2) is 46.9 Å². The molecule has 1 N–H and O–H groups in total. The van der Waals surface area contributed by atoms with Gasteiger partial charge in [0.05, 0.1) is 10.0 Å². The van der Waals surface area contributed by atoms with E-state index < -0.39 is 5.97 Å². The van der Waals surface area contributed by atoms with Gasteiger partial charge in [0.1, 0.15) is 11.5 Å². The average molecular weight is 388 g/mol. The van der Waals surface area contributed by atoms with E-state index in [0.717, 1.165) is 10.5 Å². The number of ether oxygens (including phenoxy) is 1. The van der Waals surface area contributed by atoms with Crippen molar-refractivity contribution in [2.45, 2.75) is 0 Å². The molecule has 0 spiro atoms.